The van der Waals surface area contributed by atoms with Crippen LogP contribution in [-0.2, 0) is 6.42 Å². The van der Waals surface area contributed by atoms with Crippen molar-refractivity contribution in [2.45, 2.75) is 25.8 Å². The molecule has 0 saturated carbocycles. The summed E-state index contributed by atoms with van der Waals surface area (Å²) in [6, 6.07) is 9.97. The number of nitrogens with one attached hydrogen (secondary N) is 1. The quantitative estimate of drug-likeness (QED) is 0.650. The van der Waals surface area contributed by atoms with Gasteiger partial charge in [-0.15, -0.1) is 11.3 Å². The van der Waals surface area contributed by atoms with Crippen molar-refractivity contribution in [3.63, 3.8) is 0 Å². The highest BCUT2D eigenvalue weighted by Crippen LogP contribution is 2.30. The van der Waals surface area contributed by atoms with E-state index >= 15 is 0 Å². The number of hydrogen-bond donors (Lipinski definition) is 1. The van der Waals surface area contributed by atoms with Crippen molar-refractivity contribution in [3.05, 3.63) is 62.8 Å². The van der Waals surface area contributed by atoms with Gasteiger partial charge in [-0.25, -0.2) is 0 Å². The molecule has 21 heavy (non-hydrogen) atoms. The summed E-state index contributed by atoms with van der Waals surface area (Å²) in [4.78, 5) is 12.4. The van der Waals surface area contributed by atoms with Gasteiger partial charge in [0.2, 0.25) is 0 Å². The number of thiophene rings is 1. The predicted molar refractivity (Wildman–Crippen MR) is 89.0 cm³/mol. The summed E-state index contributed by atoms with van der Waals surface area (Å²) in [5.74, 6) is -0.0590. The summed E-state index contributed by atoms with van der Waals surface area (Å²) in [7, 11) is 0. The number of fused-ring (bicyclic) bond motifs is 1. The van der Waals surface area contributed by atoms with Crippen LogP contribution in [0.25, 0.3) is 5.70 Å². The highest BCUT2D eigenvalue weighted by atomic mass is 35.5. The Morgan fingerprint density at radius 1 is 1.33 bits per heavy atom. The molecular weight excluding hydrogens is 302 g/mol. The molecule has 0 atom stereocenters. The van der Waals surface area contributed by atoms with Gasteiger partial charge in [0.25, 0.3) is 0 Å². The first kappa shape index (κ1) is 14.4. The Kier molecular flexibility index (Phi) is 3.64. The van der Waals surface area contributed by atoms with Gasteiger partial charge in [0.15, 0.2) is 5.78 Å². The van der Waals surface area contributed by atoms with Crippen LogP contribution in [0.4, 0.5) is 0 Å². The molecular formula is C17H16ClNOS. The molecule has 2 heterocycles. The van der Waals surface area contributed by atoms with Gasteiger partial charge in [-0.05, 0) is 37.3 Å². The van der Waals surface area contributed by atoms with Crippen LogP contribution in [0.15, 0.2) is 41.8 Å². The molecule has 0 fully saturated rings. The summed E-state index contributed by atoms with van der Waals surface area (Å²) in [6.07, 6.45) is 2.60. The van der Waals surface area contributed by atoms with Crippen LogP contribution in [0.1, 0.15) is 35.3 Å². The number of halogens is 1. The summed E-state index contributed by atoms with van der Waals surface area (Å²) in [5.41, 5.74) is 3.72. The van der Waals surface area contributed by atoms with Gasteiger partial charge in [0.1, 0.15) is 4.34 Å². The highest BCUT2D eigenvalue weighted by molar-refractivity contribution is 7.14. The summed E-state index contributed by atoms with van der Waals surface area (Å²) in [6.45, 7) is 4.28. The van der Waals surface area contributed by atoms with Gasteiger partial charge < -0.3 is 5.32 Å². The minimum Gasteiger partial charge on any atom is -0.379 e. The molecule has 0 bridgehead atoms. The molecule has 3 rings (SSSR count). The Morgan fingerprint density at radius 3 is 2.81 bits per heavy atom. The van der Waals surface area contributed by atoms with Crippen molar-refractivity contribution < 1.29 is 4.79 Å². The number of ketones is 1. The average molecular weight is 318 g/mol. The molecule has 4 heteroatoms. The zero-order valence-electron chi connectivity index (χ0n) is 11.9. The fourth-order valence-electron chi connectivity index (χ4n) is 2.68. The average Bonchev–Trinajstić information content (AvgIpc) is 2.83. The molecule has 0 saturated heterocycles. The SMILES string of the molecule is CC1(C)Cc2ccccc2/C(=C/C(=O)c2ccsc2Cl)N1. The lowest BCUT2D eigenvalue weighted by molar-refractivity contribution is 0.104. The molecule has 0 aliphatic carbocycles. The van der Waals surface area contributed by atoms with Crippen molar-refractivity contribution in [3.8, 4) is 0 Å². The second-order valence-electron chi connectivity index (χ2n) is 5.87. The molecule has 1 aromatic carbocycles. The van der Waals surface area contributed by atoms with Crippen molar-refractivity contribution >= 4 is 34.4 Å². The lowest BCUT2D eigenvalue weighted by Gasteiger charge is -2.35. The van der Waals surface area contributed by atoms with E-state index in [0.29, 0.717) is 9.90 Å². The zero-order chi connectivity index (χ0) is 15.0. The summed E-state index contributed by atoms with van der Waals surface area (Å²) >= 11 is 7.43. The zero-order valence-corrected chi connectivity index (χ0v) is 13.5. The minimum atomic E-state index is -0.0705. The Labute approximate surface area is 133 Å². The largest absolute Gasteiger partial charge is 0.379 e. The highest BCUT2D eigenvalue weighted by Gasteiger charge is 2.27. The van der Waals surface area contributed by atoms with Crippen molar-refractivity contribution in [2.75, 3.05) is 0 Å². The van der Waals surface area contributed by atoms with Gasteiger partial charge >= 0.3 is 0 Å². The number of allylic oxidation sites excluding steroid dienone is 1. The number of carbonyl (C=O) groups excluding carboxylic acids is 1. The standard InChI is InChI=1S/C17H16ClNOS/c1-17(2)10-11-5-3-4-6-12(11)14(19-17)9-15(20)13-7-8-21-16(13)18/h3-9,19H,10H2,1-2H3/b14-9-. The monoisotopic (exact) mass is 317 g/mol. The second kappa shape index (κ2) is 5.32. The van der Waals surface area contributed by atoms with E-state index in [9.17, 15) is 4.79 Å². The van der Waals surface area contributed by atoms with E-state index in [1.54, 1.807) is 12.1 Å². The fraction of sp³-hybridized carbons (Fsp3) is 0.235. The Bertz CT molecular complexity index is 730. The summed E-state index contributed by atoms with van der Waals surface area (Å²) in [5, 5.41) is 5.30. The molecule has 0 spiro atoms. The van der Waals surface area contributed by atoms with E-state index in [1.165, 1.54) is 16.9 Å². The number of carbonyl (C=O) groups is 1. The van der Waals surface area contributed by atoms with Crippen LogP contribution in [0.5, 0.6) is 0 Å². The molecule has 0 amide bonds. The Hall–Kier alpha value is -1.58. The van der Waals surface area contributed by atoms with E-state index in [4.69, 9.17) is 11.6 Å². The van der Waals surface area contributed by atoms with E-state index in [-0.39, 0.29) is 11.3 Å². The van der Waals surface area contributed by atoms with Gasteiger partial charge in [-0.3, -0.25) is 4.79 Å². The maximum atomic E-state index is 12.4. The molecule has 1 aliphatic rings. The van der Waals surface area contributed by atoms with Crippen LogP contribution in [0.2, 0.25) is 4.34 Å². The Balaban J connectivity index is 2.03. The Morgan fingerprint density at radius 2 is 2.10 bits per heavy atom. The molecule has 1 aromatic heterocycles. The maximum Gasteiger partial charge on any atom is 0.190 e. The van der Waals surface area contributed by atoms with E-state index in [1.807, 2.05) is 23.6 Å². The molecule has 1 N–H and O–H groups in total. The van der Waals surface area contributed by atoms with Gasteiger partial charge in [-0.1, -0.05) is 35.9 Å². The van der Waals surface area contributed by atoms with Crippen molar-refractivity contribution in [1.82, 2.24) is 5.32 Å². The molecule has 1 aliphatic heterocycles. The van der Waals surface area contributed by atoms with Crippen LogP contribution >= 0.6 is 22.9 Å². The molecule has 0 unspecified atom stereocenters. The van der Waals surface area contributed by atoms with Crippen LogP contribution < -0.4 is 5.32 Å². The van der Waals surface area contributed by atoms with Gasteiger partial charge in [-0.2, -0.15) is 0 Å². The minimum absolute atomic E-state index is 0.0590. The number of rotatable bonds is 2. The third-order valence-electron chi connectivity index (χ3n) is 3.57. The lowest BCUT2D eigenvalue weighted by Crippen LogP contribution is -2.43. The first-order valence-corrected chi connectivity index (χ1v) is 8.07. The molecule has 0 radical (unpaired) electrons. The number of benzene rings is 1. The second-order valence-corrected chi connectivity index (χ2v) is 7.39. The van der Waals surface area contributed by atoms with Crippen LogP contribution in [0.3, 0.4) is 0 Å². The third kappa shape index (κ3) is 2.89. The van der Waals surface area contributed by atoms with Crippen molar-refractivity contribution in [2.24, 2.45) is 0 Å². The van der Waals surface area contributed by atoms with Crippen LogP contribution in [-0.4, -0.2) is 11.3 Å². The van der Waals surface area contributed by atoms with Crippen LogP contribution in [0, 0.1) is 0 Å². The normalized spacial score (nSPS) is 18.1. The lowest BCUT2D eigenvalue weighted by atomic mass is 9.85. The van der Waals surface area contributed by atoms with Gasteiger partial charge in [0.05, 0.1) is 5.56 Å². The van der Waals surface area contributed by atoms with E-state index < -0.39 is 0 Å². The third-order valence-corrected chi connectivity index (χ3v) is 4.74. The first-order chi connectivity index (χ1) is 9.96. The fourth-order valence-corrected chi connectivity index (χ4v) is 3.61. The smallest absolute Gasteiger partial charge is 0.190 e. The molecule has 2 nitrogen and oxygen atoms in total. The summed E-state index contributed by atoms with van der Waals surface area (Å²) < 4.78 is 0.542. The predicted octanol–water partition coefficient (Wildman–Crippen LogP) is 4.55. The first-order valence-electron chi connectivity index (χ1n) is 6.82. The van der Waals surface area contributed by atoms with Crippen molar-refractivity contribution in [1.29, 1.82) is 0 Å². The van der Waals surface area contributed by atoms with Gasteiger partial charge in [0, 0.05) is 22.9 Å². The molecule has 108 valence electrons. The topological polar surface area (TPSA) is 29.1 Å². The molecule has 2 aromatic rings. The number of hydrogen-bond acceptors (Lipinski definition) is 3. The maximum absolute atomic E-state index is 12.4. The van der Waals surface area contributed by atoms with E-state index in [0.717, 1.165) is 17.7 Å². The van der Waals surface area contributed by atoms with E-state index in [2.05, 4.69) is 25.2 Å².